The van der Waals surface area contributed by atoms with Crippen LogP contribution in [0.4, 0.5) is 11.4 Å². The molecular formula is C16H16N2O6S. The molecular weight excluding hydrogens is 348 g/mol. The molecule has 0 saturated carbocycles. The fourth-order valence-corrected chi connectivity index (χ4v) is 3.90. The average Bonchev–Trinajstić information content (AvgIpc) is 2.56. The van der Waals surface area contributed by atoms with Crippen molar-refractivity contribution >= 4 is 21.4 Å². The number of nitro benzene ring substituents is 1. The lowest BCUT2D eigenvalue weighted by Gasteiger charge is -2.19. The van der Waals surface area contributed by atoms with E-state index in [1.54, 1.807) is 26.0 Å². The van der Waals surface area contributed by atoms with Crippen LogP contribution in [0.5, 0.6) is 11.5 Å². The van der Waals surface area contributed by atoms with E-state index in [-0.39, 0.29) is 16.3 Å². The molecule has 1 aliphatic rings. The Labute approximate surface area is 144 Å². The Hall–Kier alpha value is -2.81. The molecule has 0 aliphatic carbocycles. The number of hydrogen-bond acceptors (Lipinski definition) is 6. The quantitative estimate of drug-likeness (QED) is 0.660. The molecule has 3 rings (SSSR count). The Morgan fingerprint density at radius 1 is 1.08 bits per heavy atom. The molecule has 0 unspecified atom stereocenters. The Bertz CT molecular complexity index is 955. The van der Waals surface area contributed by atoms with Crippen LogP contribution in [0.2, 0.25) is 0 Å². The molecule has 0 radical (unpaired) electrons. The number of hydrogen-bond donors (Lipinski definition) is 1. The van der Waals surface area contributed by atoms with Gasteiger partial charge in [-0.15, -0.1) is 0 Å². The van der Waals surface area contributed by atoms with Crippen molar-refractivity contribution in [2.24, 2.45) is 0 Å². The summed E-state index contributed by atoms with van der Waals surface area (Å²) in [4.78, 5) is 10.3. The number of ether oxygens (including phenoxy) is 2. The summed E-state index contributed by atoms with van der Waals surface area (Å²) in [6.07, 6.45) is 0. The molecule has 2 aromatic rings. The first-order valence-electron chi connectivity index (χ1n) is 7.46. The van der Waals surface area contributed by atoms with E-state index >= 15 is 0 Å². The Morgan fingerprint density at radius 3 is 2.44 bits per heavy atom. The van der Waals surface area contributed by atoms with Gasteiger partial charge in [0.25, 0.3) is 15.7 Å². The second-order valence-electron chi connectivity index (χ2n) is 5.61. The SMILES string of the molecule is Cc1cc([N+](=O)[O-])cc(S(=O)(=O)Nc2ccc3c(c2)OCCO3)c1C. The molecule has 132 valence electrons. The minimum absolute atomic E-state index is 0.130. The number of fused-ring (bicyclic) bond motifs is 1. The molecule has 0 aromatic heterocycles. The number of nitrogens with one attached hydrogen (secondary N) is 1. The predicted octanol–water partition coefficient (Wildman–Crippen LogP) is 2.78. The highest BCUT2D eigenvalue weighted by molar-refractivity contribution is 7.92. The molecule has 2 aromatic carbocycles. The molecule has 25 heavy (non-hydrogen) atoms. The van der Waals surface area contributed by atoms with Crippen LogP contribution in [-0.2, 0) is 10.0 Å². The van der Waals surface area contributed by atoms with Gasteiger partial charge >= 0.3 is 0 Å². The van der Waals surface area contributed by atoms with Crippen LogP contribution in [-0.4, -0.2) is 26.6 Å². The summed E-state index contributed by atoms with van der Waals surface area (Å²) in [7, 11) is -4.00. The molecule has 0 bridgehead atoms. The van der Waals surface area contributed by atoms with E-state index in [1.165, 1.54) is 12.1 Å². The smallest absolute Gasteiger partial charge is 0.271 e. The highest BCUT2D eigenvalue weighted by Crippen LogP contribution is 2.34. The molecule has 0 atom stereocenters. The van der Waals surface area contributed by atoms with Crippen LogP contribution in [0.1, 0.15) is 11.1 Å². The summed E-state index contributed by atoms with van der Waals surface area (Å²) in [5, 5.41) is 11.0. The maximum atomic E-state index is 12.7. The summed E-state index contributed by atoms with van der Waals surface area (Å²) >= 11 is 0. The van der Waals surface area contributed by atoms with Crippen molar-refractivity contribution in [1.29, 1.82) is 0 Å². The number of non-ortho nitro benzene ring substituents is 1. The zero-order valence-corrected chi connectivity index (χ0v) is 14.4. The first-order valence-corrected chi connectivity index (χ1v) is 8.94. The van der Waals surface area contributed by atoms with E-state index in [1.807, 2.05) is 0 Å². The molecule has 0 amide bonds. The lowest BCUT2D eigenvalue weighted by Crippen LogP contribution is -2.17. The topological polar surface area (TPSA) is 108 Å². The summed E-state index contributed by atoms with van der Waals surface area (Å²) < 4.78 is 38.7. The molecule has 1 aliphatic heterocycles. The van der Waals surface area contributed by atoms with Crippen LogP contribution in [0.25, 0.3) is 0 Å². The van der Waals surface area contributed by atoms with Crippen LogP contribution < -0.4 is 14.2 Å². The van der Waals surface area contributed by atoms with Crippen LogP contribution in [0, 0.1) is 24.0 Å². The maximum absolute atomic E-state index is 12.7. The Kier molecular flexibility index (Phi) is 4.25. The summed E-state index contributed by atoms with van der Waals surface area (Å²) in [6, 6.07) is 7.08. The minimum Gasteiger partial charge on any atom is -0.486 e. The fourth-order valence-electron chi connectivity index (χ4n) is 2.51. The van der Waals surface area contributed by atoms with Gasteiger partial charge in [0.15, 0.2) is 11.5 Å². The van der Waals surface area contributed by atoms with E-state index < -0.39 is 14.9 Å². The second kappa shape index (κ2) is 6.25. The molecule has 9 heteroatoms. The van der Waals surface area contributed by atoms with Gasteiger partial charge in [-0.05, 0) is 37.1 Å². The Balaban J connectivity index is 1.99. The number of anilines is 1. The van der Waals surface area contributed by atoms with E-state index in [4.69, 9.17) is 9.47 Å². The Morgan fingerprint density at radius 2 is 1.76 bits per heavy atom. The van der Waals surface area contributed by atoms with Crippen molar-refractivity contribution in [3.8, 4) is 11.5 Å². The fraction of sp³-hybridized carbons (Fsp3) is 0.250. The van der Waals surface area contributed by atoms with E-state index in [0.29, 0.717) is 35.8 Å². The zero-order chi connectivity index (χ0) is 18.2. The van der Waals surface area contributed by atoms with Crippen molar-refractivity contribution in [2.45, 2.75) is 18.7 Å². The van der Waals surface area contributed by atoms with Crippen molar-refractivity contribution < 1.29 is 22.8 Å². The van der Waals surface area contributed by atoms with Gasteiger partial charge in [0, 0.05) is 18.2 Å². The van der Waals surface area contributed by atoms with Crippen molar-refractivity contribution in [1.82, 2.24) is 0 Å². The normalized spacial score (nSPS) is 13.4. The van der Waals surface area contributed by atoms with Crippen molar-refractivity contribution in [3.05, 3.63) is 51.6 Å². The number of benzene rings is 2. The van der Waals surface area contributed by atoms with Gasteiger partial charge in [0.1, 0.15) is 13.2 Å². The van der Waals surface area contributed by atoms with Gasteiger partial charge in [-0.2, -0.15) is 0 Å². The van der Waals surface area contributed by atoms with Crippen molar-refractivity contribution in [3.63, 3.8) is 0 Å². The predicted molar refractivity (Wildman–Crippen MR) is 90.8 cm³/mol. The molecule has 1 heterocycles. The van der Waals surface area contributed by atoms with Crippen molar-refractivity contribution in [2.75, 3.05) is 17.9 Å². The van der Waals surface area contributed by atoms with Gasteiger partial charge in [0.05, 0.1) is 15.5 Å². The van der Waals surface area contributed by atoms with Crippen LogP contribution >= 0.6 is 0 Å². The van der Waals surface area contributed by atoms with Crippen LogP contribution in [0.15, 0.2) is 35.2 Å². The van der Waals surface area contributed by atoms with E-state index in [9.17, 15) is 18.5 Å². The molecule has 0 fully saturated rings. The molecule has 8 nitrogen and oxygen atoms in total. The standard InChI is InChI=1S/C16H16N2O6S/c1-10-7-13(18(19)20)9-16(11(10)2)25(21,22)17-12-3-4-14-15(8-12)24-6-5-23-14/h3-4,7-9,17H,5-6H2,1-2H3. The third-order valence-corrected chi connectivity index (χ3v) is 5.41. The third-order valence-electron chi connectivity index (χ3n) is 3.90. The largest absolute Gasteiger partial charge is 0.486 e. The van der Waals surface area contributed by atoms with Gasteiger partial charge in [-0.25, -0.2) is 8.42 Å². The molecule has 1 N–H and O–H groups in total. The number of aryl methyl sites for hydroxylation is 1. The van der Waals surface area contributed by atoms with Crippen LogP contribution in [0.3, 0.4) is 0 Å². The highest BCUT2D eigenvalue weighted by atomic mass is 32.2. The lowest BCUT2D eigenvalue weighted by atomic mass is 10.1. The zero-order valence-electron chi connectivity index (χ0n) is 13.6. The molecule has 0 spiro atoms. The van der Waals surface area contributed by atoms with E-state index in [0.717, 1.165) is 6.07 Å². The number of nitrogens with zero attached hydrogens (tertiary/aromatic N) is 1. The van der Waals surface area contributed by atoms with Gasteiger partial charge < -0.3 is 9.47 Å². The van der Waals surface area contributed by atoms with Gasteiger partial charge in [-0.3, -0.25) is 14.8 Å². The third kappa shape index (κ3) is 3.36. The maximum Gasteiger partial charge on any atom is 0.271 e. The van der Waals surface area contributed by atoms with Gasteiger partial charge in [0.2, 0.25) is 0 Å². The molecule has 0 saturated heterocycles. The average molecular weight is 364 g/mol. The first kappa shape index (κ1) is 17.0. The second-order valence-corrected chi connectivity index (χ2v) is 7.26. The summed E-state index contributed by atoms with van der Waals surface area (Å²) in [5.74, 6) is 0.981. The number of rotatable bonds is 4. The monoisotopic (exact) mass is 364 g/mol. The summed E-state index contributed by atoms with van der Waals surface area (Å²) in [5.41, 5.74) is 0.992. The van der Waals surface area contributed by atoms with Gasteiger partial charge in [-0.1, -0.05) is 0 Å². The first-order chi connectivity index (χ1) is 11.8. The number of sulfonamides is 1. The highest BCUT2D eigenvalue weighted by Gasteiger charge is 2.23. The number of nitro groups is 1. The summed E-state index contributed by atoms with van der Waals surface area (Å²) in [6.45, 7) is 4.06. The lowest BCUT2D eigenvalue weighted by molar-refractivity contribution is -0.385. The van der Waals surface area contributed by atoms with E-state index in [2.05, 4.69) is 4.72 Å². The minimum atomic E-state index is -4.00.